The van der Waals surface area contributed by atoms with Gasteiger partial charge in [0.05, 0.1) is 48.7 Å². The normalized spacial score (nSPS) is 33.7. The van der Waals surface area contributed by atoms with E-state index in [1.165, 1.54) is 71.4 Å². The summed E-state index contributed by atoms with van der Waals surface area (Å²) in [6.07, 6.45) is -4.02. The first-order valence-corrected chi connectivity index (χ1v) is 25.9. The highest BCUT2D eigenvalue weighted by Crippen LogP contribution is 2.38. The van der Waals surface area contributed by atoms with Crippen molar-refractivity contribution in [3.63, 3.8) is 0 Å². The Hall–Kier alpha value is -5.75. The van der Waals surface area contributed by atoms with Gasteiger partial charge in [-0.15, -0.1) is 0 Å². The van der Waals surface area contributed by atoms with Gasteiger partial charge in [0, 0.05) is 64.9 Å². The van der Waals surface area contributed by atoms with E-state index in [0.717, 1.165) is 0 Å². The fourth-order valence-electron chi connectivity index (χ4n) is 10.2. The number of cyclic esters (lactones) is 1. The van der Waals surface area contributed by atoms with Gasteiger partial charge in [0.1, 0.15) is 36.8 Å². The Morgan fingerprint density at radius 1 is 0.805 bits per heavy atom. The third kappa shape index (κ3) is 18.4. The van der Waals surface area contributed by atoms with Crippen molar-refractivity contribution in [1.29, 1.82) is 0 Å². The average Bonchev–Trinajstić information content (AvgIpc) is 3.35. The number of benzene rings is 1. The number of allylic oxidation sites excluding steroid dienone is 5. The van der Waals surface area contributed by atoms with Gasteiger partial charge in [0.25, 0.3) is 5.69 Å². The van der Waals surface area contributed by atoms with Crippen LogP contribution in [0.5, 0.6) is 0 Å². The third-order valence-electron chi connectivity index (χ3n) is 13.9. The van der Waals surface area contributed by atoms with Gasteiger partial charge >= 0.3 is 29.8 Å². The summed E-state index contributed by atoms with van der Waals surface area (Å²) in [5, 5.41) is 11.4. The number of carbonyl (C=O) groups excluding carboxylic acids is 7. The van der Waals surface area contributed by atoms with Gasteiger partial charge in [-0.05, 0) is 77.8 Å². The molecule has 0 bridgehead atoms. The first-order chi connectivity index (χ1) is 36.4. The molecule has 77 heavy (non-hydrogen) atoms. The fourth-order valence-corrected chi connectivity index (χ4v) is 10.2. The molecular formula is C55H78N2O20. The molecule has 17 atom stereocenters. The van der Waals surface area contributed by atoms with E-state index in [-0.39, 0.29) is 43.8 Å². The van der Waals surface area contributed by atoms with Crippen LogP contribution in [0.3, 0.4) is 0 Å². The van der Waals surface area contributed by atoms with Crippen molar-refractivity contribution in [3.8, 4) is 0 Å². The van der Waals surface area contributed by atoms with Crippen molar-refractivity contribution in [2.45, 2.75) is 174 Å². The Morgan fingerprint density at radius 3 is 1.97 bits per heavy atom. The van der Waals surface area contributed by atoms with Crippen LogP contribution in [0.15, 0.2) is 60.2 Å². The van der Waals surface area contributed by atoms with Crippen molar-refractivity contribution >= 4 is 47.6 Å². The zero-order chi connectivity index (χ0) is 57.3. The lowest BCUT2D eigenvalue weighted by Crippen LogP contribution is -2.65. The van der Waals surface area contributed by atoms with Crippen LogP contribution < -0.4 is 0 Å². The van der Waals surface area contributed by atoms with E-state index in [2.05, 4.69) is 0 Å². The molecule has 0 aromatic heterocycles. The molecule has 22 heteroatoms. The second kappa shape index (κ2) is 30.4. The van der Waals surface area contributed by atoms with Crippen molar-refractivity contribution in [2.24, 2.45) is 23.7 Å². The molecule has 0 amide bonds. The molecule has 22 nitrogen and oxygen atoms in total. The van der Waals surface area contributed by atoms with E-state index in [4.69, 9.17) is 52.1 Å². The third-order valence-corrected chi connectivity index (χ3v) is 13.9. The number of methoxy groups -OCH3 is 2. The summed E-state index contributed by atoms with van der Waals surface area (Å²) in [5.41, 5.74) is 0.802. The molecule has 2 saturated heterocycles. The molecule has 3 aliphatic rings. The molecule has 0 spiro atoms. The maximum atomic E-state index is 14.6. The molecule has 428 valence electrons. The van der Waals surface area contributed by atoms with Crippen LogP contribution in [0, 0.1) is 33.8 Å². The second-order valence-electron chi connectivity index (χ2n) is 20.1. The van der Waals surface area contributed by atoms with Crippen LogP contribution in [0.2, 0.25) is 0 Å². The maximum Gasteiger partial charge on any atom is 0.310 e. The van der Waals surface area contributed by atoms with Crippen LogP contribution in [0.4, 0.5) is 5.69 Å². The number of hydrogen-bond donors (Lipinski definition) is 0. The summed E-state index contributed by atoms with van der Waals surface area (Å²) >= 11 is 0. The predicted molar refractivity (Wildman–Crippen MR) is 274 cm³/mol. The average molecular weight is 1090 g/mol. The molecule has 4 rings (SSSR count). The maximum absolute atomic E-state index is 14.6. The second-order valence-corrected chi connectivity index (χ2v) is 20.1. The van der Waals surface area contributed by atoms with Crippen LogP contribution >= 0.6 is 0 Å². The number of ether oxygens (including phenoxy) is 11. The van der Waals surface area contributed by atoms with Crippen LogP contribution in [0.25, 0.3) is 0 Å². The highest BCUT2D eigenvalue weighted by atomic mass is 16.7. The number of hydrogen-bond acceptors (Lipinski definition) is 21. The topological polar surface area (TPSA) is 267 Å². The Kier molecular flexibility index (Phi) is 25.2. The van der Waals surface area contributed by atoms with E-state index in [1.807, 2.05) is 6.08 Å². The number of nitrogens with zero attached hydrogens (tertiary/aromatic N) is 2. The van der Waals surface area contributed by atoms with E-state index < -0.39 is 145 Å². The van der Waals surface area contributed by atoms with Crippen LogP contribution in [-0.2, 0) is 92.1 Å². The standard InChI is InChI=1S/C55H78N2O20/c1-14-43-40(29-69-54-53(68-13)52(67-12)50(34(6)70-54)73-36(8)60)25-30(2)18-23-42(62)31(3)26-39(17-15-16-24-58)48(77-55-51(74-37(9)61)47(56(10)11)49(33(5)71-55)72-35(7)59)32(4)44(28-46(64)75-43)76-45(63)27-38-19-21-41(22-20-38)57(65)66/h15-16,18-25,31-34,39-40,43-44,47-55H,14,17,26-29H2,1-13H3/b16-15+,23-18+,30-25+/t31-,32+,33+,34-,39+,40-,43-,44-,47-,48-,49+,50-,51+,52-,53-,54-,55-/m1/s1. The molecule has 0 N–H and O–H groups in total. The Balaban J connectivity index is 1.87. The Bertz CT molecular complexity index is 2270. The summed E-state index contributed by atoms with van der Waals surface area (Å²) in [7, 11) is 6.30. The largest absolute Gasteiger partial charge is 0.462 e. The van der Waals surface area contributed by atoms with Gasteiger partial charge in [-0.1, -0.05) is 56.7 Å². The Labute approximate surface area is 450 Å². The molecule has 1 aromatic carbocycles. The van der Waals surface area contributed by atoms with Crippen molar-refractivity contribution in [2.75, 3.05) is 34.9 Å². The van der Waals surface area contributed by atoms with Gasteiger partial charge in [0.2, 0.25) is 0 Å². The van der Waals surface area contributed by atoms with Gasteiger partial charge in [-0.2, -0.15) is 0 Å². The molecule has 3 heterocycles. The number of ketones is 1. The number of esters is 5. The summed E-state index contributed by atoms with van der Waals surface area (Å²) in [4.78, 5) is 105. The lowest BCUT2D eigenvalue weighted by Gasteiger charge is -2.48. The Morgan fingerprint density at radius 2 is 1.40 bits per heavy atom. The predicted octanol–water partition coefficient (Wildman–Crippen LogP) is 5.53. The first-order valence-electron chi connectivity index (χ1n) is 25.9. The highest BCUT2D eigenvalue weighted by Gasteiger charge is 2.52. The molecule has 2 fully saturated rings. The van der Waals surface area contributed by atoms with E-state index in [1.54, 1.807) is 72.7 Å². The minimum absolute atomic E-state index is 0.112. The van der Waals surface area contributed by atoms with Gasteiger partial charge < -0.3 is 52.1 Å². The van der Waals surface area contributed by atoms with Gasteiger partial charge in [-0.3, -0.25) is 48.6 Å². The molecule has 0 saturated carbocycles. The minimum Gasteiger partial charge on any atom is -0.462 e. The number of nitro benzene ring substituents is 1. The smallest absolute Gasteiger partial charge is 0.310 e. The molecule has 0 aliphatic carbocycles. The van der Waals surface area contributed by atoms with E-state index in [0.29, 0.717) is 17.4 Å². The fraction of sp³-hybridized carbons (Fsp3) is 0.655. The quantitative estimate of drug-likeness (QED) is 0.0411. The SMILES string of the molecule is CC[C@H]1OC(=O)C[C@@H](OC(=O)Cc2ccc([N+](=O)[O-])cc2)[C@H](C)[C@@H](O[C@H]2O[C@@H](C)[C@H](OC(C)=O)[C@@H](N(C)C)[C@@H]2OC(C)=O)[C@@H](C/C=C/C=O)C[C@@H](C)C(=O)/C=C/C(C)=C/[C@@H]1CO[C@@H]1O[C@H](C)[C@@H](OC(C)=O)[C@@H](OC)[C@H]1OC. The number of aldehydes is 1. The first kappa shape index (κ1) is 63.8. The minimum atomic E-state index is -1.39. The molecule has 0 radical (unpaired) electrons. The number of carbonyl (C=O) groups is 7. The molecule has 1 aromatic rings. The van der Waals surface area contributed by atoms with Gasteiger partial charge in [-0.25, -0.2) is 0 Å². The van der Waals surface area contributed by atoms with Crippen molar-refractivity contribution < 1.29 is 90.6 Å². The summed E-state index contributed by atoms with van der Waals surface area (Å²) in [5.74, 6) is -6.78. The zero-order valence-electron chi connectivity index (χ0n) is 46.4. The number of rotatable bonds is 19. The monoisotopic (exact) mass is 1090 g/mol. The van der Waals surface area contributed by atoms with E-state index in [9.17, 15) is 43.7 Å². The summed E-state index contributed by atoms with van der Waals surface area (Å²) in [6.45, 7) is 14.0. The van der Waals surface area contributed by atoms with E-state index >= 15 is 0 Å². The van der Waals surface area contributed by atoms with Crippen LogP contribution in [0.1, 0.15) is 93.6 Å². The highest BCUT2D eigenvalue weighted by molar-refractivity contribution is 5.91. The van der Waals surface area contributed by atoms with Crippen LogP contribution in [-0.4, -0.2) is 166 Å². The summed E-state index contributed by atoms with van der Waals surface area (Å²) < 4.78 is 67.3. The molecule has 0 unspecified atom stereocenters. The number of likely N-dealkylation sites (N-methyl/N-ethyl adjacent to an activating group) is 1. The zero-order valence-corrected chi connectivity index (χ0v) is 46.4. The van der Waals surface area contributed by atoms with Crippen molar-refractivity contribution in [3.05, 3.63) is 75.9 Å². The van der Waals surface area contributed by atoms with Gasteiger partial charge in [0.15, 0.2) is 30.6 Å². The lowest BCUT2D eigenvalue weighted by atomic mass is 9.79. The number of nitro groups is 1. The molecular weight excluding hydrogens is 1010 g/mol. The van der Waals surface area contributed by atoms with Crippen molar-refractivity contribution in [1.82, 2.24) is 4.90 Å². The summed E-state index contributed by atoms with van der Waals surface area (Å²) in [6, 6.07) is 4.50. The lowest BCUT2D eigenvalue weighted by molar-refractivity contribution is -0.384. The number of non-ortho nitro benzene ring substituents is 1. The molecule has 3 aliphatic heterocycles.